The van der Waals surface area contributed by atoms with Crippen LogP contribution >= 0.6 is 0 Å². The highest BCUT2D eigenvalue weighted by Crippen LogP contribution is 2.28. The van der Waals surface area contributed by atoms with E-state index in [0.29, 0.717) is 11.3 Å². The van der Waals surface area contributed by atoms with Crippen LogP contribution in [0.5, 0.6) is 0 Å². The van der Waals surface area contributed by atoms with Gasteiger partial charge in [-0.3, -0.25) is 19.3 Å². The molecular weight excluding hydrogens is 415 g/mol. The Hall–Kier alpha value is -3.75. The van der Waals surface area contributed by atoms with Crippen molar-refractivity contribution >= 4 is 29.4 Å². The number of imide groups is 1. The summed E-state index contributed by atoms with van der Waals surface area (Å²) in [6, 6.07) is 8.31. The highest BCUT2D eigenvalue weighted by molar-refractivity contribution is 6.09. The van der Waals surface area contributed by atoms with Crippen molar-refractivity contribution in [3.8, 4) is 0 Å². The lowest BCUT2D eigenvalue weighted by molar-refractivity contribution is -0.135. The average Bonchev–Trinajstić information content (AvgIpc) is 2.93. The molecule has 5 amide bonds. The van der Waals surface area contributed by atoms with Gasteiger partial charge in [-0.25, -0.2) is 9.18 Å². The third kappa shape index (κ3) is 4.61. The molecule has 3 rings (SSSR count). The zero-order valence-corrected chi connectivity index (χ0v) is 18.3. The van der Waals surface area contributed by atoms with Gasteiger partial charge >= 0.3 is 6.03 Å². The Morgan fingerprint density at radius 2 is 1.62 bits per heavy atom. The lowest BCUT2D eigenvalue weighted by Gasteiger charge is -2.22. The maximum Gasteiger partial charge on any atom is 0.325 e. The second-order valence-corrected chi connectivity index (χ2v) is 8.05. The third-order valence-electron chi connectivity index (χ3n) is 5.39. The van der Waals surface area contributed by atoms with Crippen LogP contribution in [0.1, 0.15) is 29.2 Å². The van der Waals surface area contributed by atoms with Gasteiger partial charge < -0.3 is 16.0 Å². The fourth-order valence-electron chi connectivity index (χ4n) is 3.76. The first kappa shape index (κ1) is 22.9. The molecular formula is C23H25FN4O4. The number of carbonyl (C=O) groups is 4. The number of carbonyl (C=O) groups excluding carboxylic acids is 4. The summed E-state index contributed by atoms with van der Waals surface area (Å²) in [4.78, 5) is 50.5. The number of amides is 5. The molecule has 0 saturated carbocycles. The first-order valence-corrected chi connectivity index (χ1v) is 10.1. The molecule has 9 heteroatoms. The number of nitrogens with one attached hydrogen (secondary N) is 3. The van der Waals surface area contributed by atoms with Crippen LogP contribution in [0.4, 0.5) is 14.9 Å². The quantitative estimate of drug-likeness (QED) is 0.599. The zero-order valence-electron chi connectivity index (χ0n) is 18.3. The number of urea groups is 1. The number of nitrogens with zero attached hydrogens (tertiary/aromatic N) is 1. The van der Waals surface area contributed by atoms with E-state index in [9.17, 15) is 23.6 Å². The van der Waals surface area contributed by atoms with Gasteiger partial charge in [0, 0.05) is 5.69 Å². The van der Waals surface area contributed by atoms with E-state index in [1.807, 2.05) is 32.9 Å². The first-order valence-electron chi connectivity index (χ1n) is 10.1. The van der Waals surface area contributed by atoms with Crippen LogP contribution in [0, 0.1) is 26.6 Å². The molecule has 1 saturated heterocycles. The van der Waals surface area contributed by atoms with E-state index in [1.165, 1.54) is 31.2 Å². The summed E-state index contributed by atoms with van der Waals surface area (Å²) in [6.45, 7) is 6.34. The predicted molar refractivity (Wildman–Crippen MR) is 116 cm³/mol. The minimum absolute atomic E-state index is 0.315. The van der Waals surface area contributed by atoms with E-state index in [1.54, 1.807) is 0 Å². The average molecular weight is 440 g/mol. The SMILES string of the molecule is Cc1cc(C)c(NC(=O)CNC(=O)CN2C(=O)NC(C)(c3ccc(F)cc3)C2=O)c(C)c1. The topological polar surface area (TPSA) is 108 Å². The predicted octanol–water partition coefficient (Wildman–Crippen LogP) is 2.27. The second kappa shape index (κ2) is 8.78. The number of hydrogen-bond donors (Lipinski definition) is 3. The summed E-state index contributed by atoms with van der Waals surface area (Å²) in [5, 5.41) is 7.73. The van der Waals surface area contributed by atoms with Crippen LogP contribution in [-0.4, -0.2) is 41.7 Å². The Morgan fingerprint density at radius 3 is 2.22 bits per heavy atom. The molecule has 2 aromatic carbocycles. The van der Waals surface area contributed by atoms with Crippen molar-refractivity contribution in [3.05, 3.63) is 64.5 Å². The fourth-order valence-corrected chi connectivity index (χ4v) is 3.76. The smallest absolute Gasteiger partial charge is 0.325 e. The minimum Gasteiger partial charge on any atom is -0.345 e. The van der Waals surface area contributed by atoms with E-state index in [0.717, 1.165) is 21.6 Å². The fraction of sp³-hybridized carbons (Fsp3) is 0.304. The standard InChI is InChI=1S/C23H25FN4O4/c1-13-9-14(2)20(15(3)10-13)26-18(29)11-25-19(30)12-28-21(31)23(4,27-22(28)32)16-5-7-17(24)8-6-16/h5-10H,11-12H2,1-4H3,(H,25,30)(H,26,29)(H,27,32). The number of hydrogen-bond acceptors (Lipinski definition) is 4. The monoisotopic (exact) mass is 440 g/mol. The largest absolute Gasteiger partial charge is 0.345 e. The minimum atomic E-state index is -1.41. The molecule has 8 nitrogen and oxygen atoms in total. The van der Waals surface area contributed by atoms with Crippen molar-refractivity contribution < 1.29 is 23.6 Å². The molecule has 2 aromatic rings. The molecule has 0 bridgehead atoms. The maximum atomic E-state index is 13.2. The molecule has 32 heavy (non-hydrogen) atoms. The first-order chi connectivity index (χ1) is 15.0. The number of halogens is 1. The van der Waals surface area contributed by atoms with E-state index in [-0.39, 0.29) is 6.54 Å². The summed E-state index contributed by atoms with van der Waals surface area (Å²) in [5.41, 5.74) is 2.54. The van der Waals surface area contributed by atoms with Gasteiger partial charge in [0.2, 0.25) is 11.8 Å². The van der Waals surface area contributed by atoms with Crippen LogP contribution < -0.4 is 16.0 Å². The van der Waals surface area contributed by atoms with Crippen molar-refractivity contribution in [3.63, 3.8) is 0 Å². The Kier molecular flexibility index (Phi) is 6.29. The summed E-state index contributed by atoms with van der Waals surface area (Å²) in [7, 11) is 0. The summed E-state index contributed by atoms with van der Waals surface area (Å²) < 4.78 is 13.2. The highest BCUT2D eigenvalue weighted by atomic mass is 19.1. The molecule has 0 radical (unpaired) electrons. The van der Waals surface area contributed by atoms with Gasteiger partial charge in [-0.15, -0.1) is 0 Å². The van der Waals surface area contributed by atoms with Crippen molar-refractivity contribution in [2.24, 2.45) is 0 Å². The Labute approximate surface area is 185 Å². The van der Waals surface area contributed by atoms with Crippen LogP contribution in [0.2, 0.25) is 0 Å². The van der Waals surface area contributed by atoms with Gasteiger partial charge in [-0.1, -0.05) is 29.8 Å². The van der Waals surface area contributed by atoms with Gasteiger partial charge in [0.05, 0.1) is 6.54 Å². The second-order valence-electron chi connectivity index (χ2n) is 8.05. The van der Waals surface area contributed by atoms with Gasteiger partial charge in [-0.2, -0.15) is 0 Å². The molecule has 1 aliphatic heterocycles. The Morgan fingerprint density at radius 1 is 1.03 bits per heavy atom. The van der Waals surface area contributed by atoms with E-state index < -0.39 is 41.7 Å². The van der Waals surface area contributed by atoms with E-state index in [4.69, 9.17) is 0 Å². The van der Waals surface area contributed by atoms with Crippen LogP contribution in [0.25, 0.3) is 0 Å². The number of anilines is 1. The molecule has 168 valence electrons. The Balaban J connectivity index is 1.59. The molecule has 1 heterocycles. The molecule has 1 atom stereocenters. The van der Waals surface area contributed by atoms with E-state index in [2.05, 4.69) is 16.0 Å². The van der Waals surface area contributed by atoms with Gasteiger partial charge in [-0.05, 0) is 56.5 Å². The molecule has 1 fully saturated rings. The normalized spacial score (nSPS) is 17.8. The lowest BCUT2D eigenvalue weighted by Crippen LogP contribution is -2.44. The molecule has 3 N–H and O–H groups in total. The number of benzene rings is 2. The molecule has 0 aliphatic carbocycles. The van der Waals surface area contributed by atoms with Crippen LogP contribution in [0.3, 0.4) is 0 Å². The van der Waals surface area contributed by atoms with Crippen molar-refractivity contribution in [2.45, 2.75) is 33.2 Å². The zero-order chi connectivity index (χ0) is 23.6. The van der Waals surface area contributed by atoms with Crippen molar-refractivity contribution in [1.82, 2.24) is 15.5 Å². The Bertz CT molecular complexity index is 1080. The molecule has 1 unspecified atom stereocenters. The summed E-state index contributed by atoms with van der Waals surface area (Å²) >= 11 is 0. The van der Waals surface area contributed by atoms with Crippen molar-refractivity contribution in [1.29, 1.82) is 0 Å². The summed E-state index contributed by atoms with van der Waals surface area (Å²) in [6.07, 6.45) is 0. The van der Waals surface area contributed by atoms with Gasteiger partial charge in [0.25, 0.3) is 5.91 Å². The van der Waals surface area contributed by atoms with Crippen LogP contribution in [0.15, 0.2) is 36.4 Å². The molecule has 0 aromatic heterocycles. The maximum absolute atomic E-state index is 13.2. The highest BCUT2D eigenvalue weighted by Gasteiger charge is 2.49. The van der Waals surface area contributed by atoms with Crippen LogP contribution in [-0.2, 0) is 19.9 Å². The lowest BCUT2D eigenvalue weighted by atomic mass is 9.92. The van der Waals surface area contributed by atoms with E-state index >= 15 is 0 Å². The molecule has 1 aliphatic rings. The number of aryl methyl sites for hydroxylation is 3. The van der Waals surface area contributed by atoms with Crippen molar-refractivity contribution in [2.75, 3.05) is 18.4 Å². The van der Waals surface area contributed by atoms with Gasteiger partial charge in [0.1, 0.15) is 17.9 Å². The third-order valence-corrected chi connectivity index (χ3v) is 5.39. The number of rotatable bonds is 6. The summed E-state index contributed by atoms with van der Waals surface area (Å²) in [5.74, 6) is -2.20. The molecule has 0 spiro atoms. The van der Waals surface area contributed by atoms with Gasteiger partial charge in [0.15, 0.2) is 0 Å².